The molecule has 0 saturated heterocycles. The fourth-order valence-corrected chi connectivity index (χ4v) is 4.78. The zero-order chi connectivity index (χ0) is 24.9. The van der Waals surface area contributed by atoms with Gasteiger partial charge < -0.3 is 15.4 Å². The Morgan fingerprint density at radius 3 is 1.94 bits per heavy atom. The molecule has 2 amide bonds. The monoisotopic (exact) mass is 470 g/mol. The second kappa shape index (κ2) is 10.6. The molecule has 6 nitrogen and oxygen atoms in total. The van der Waals surface area contributed by atoms with Crippen molar-refractivity contribution in [3.63, 3.8) is 0 Å². The molecule has 180 valence electrons. The average molecular weight is 471 g/mol. The number of aryl methyl sites for hydroxylation is 2. The predicted octanol–water partition coefficient (Wildman–Crippen LogP) is 6.39. The standard InChI is InChI=1S/C29H30N2O4/c1-18-6-4-7-19(2)26(18)31-29(34)30-23-16-14-21(15-17-23)20-10-12-22(13-11-20)27(32)24-8-5-9-25(24)28(33)35-3/h4,6-7,10-17,24-25H,5,8-9H2,1-3H3,(H2,30,31,34)/t24-,25-/m1/s1. The van der Waals surface area contributed by atoms with Gasteiger partial charge >= 0.3 is 12.0 Å². The Balaban J connectivity index is 1.40. The van der Waals surface area contributed by atoms with E-state index in [0.29, 0.717) is 24.1 Å². The molecule has 2 atom stereocenters. The quantitative estimate of drug-likeness (QED) is 0.323. The Labute approximate surface area is 205 Å². The van der Waals surface area contributed by atoms with Gasteiger partial charge in [0.1, 0.15) is 0 Å². The maximum Gasteiger partial charge on any atom is 0.323 e. The average Bonchev–Trinajstić information content (AvgIpc) is 3.36. The third-order valence-corrected chi connectivity index (χ3v) is 6.72. The van der Waals surface area contributed by atoms with Gasteiger partial charge in [-0.15, -0.1) is 0 Å². The molecule has 4 rings (SSSR count). The highest BCUT2D eigenvalue weighted by Gasteiger charge is 2.38. The van der Waals surface area contributed by atoms with Gasteiger partial charge in [-0.05, 0) is 61.1 Å². The second-order valence-corrected chi connectivity index (χ2v) is 9.03. The summed E-state index contributed by atoms with van der Waals surface area (Å²) < 4.78 is 4.88. The van der Waals surface area contributed by atoms with Crippen LogP contribution in [0.4, 0.5) is 16.2 Å². The summed E-state index contributed by atoms with van der Waals surface area (Å²) in [4.78, 5) is 37.5. The number of para-hydroxylation sites is 1. The lowest BCUT2D eigenvalue weighted by Gasteiger charge is -2.16. The Hall–Kier alpha value is -3.93. The molecule has 0 heterocycles. The number of benzene rings is 3. The lowest BCUT2D eigenvalue weighted by atomic mass is 9.88. The molecular weight excluding hydrogens is 440 g/mol. The number of methoxy groups -OCH3 is 1. The molecule has 1 saturated carbocycles. The van der Waals surface area contributed by atoms with E-state index in [0.717, 1.165) is 34.4 Å². The first-order valence-electron chi connectivity index (χ1n) is 11.8. The molecular formula is C29H30N2O4. The summed E-state index contributed by atoms with van der Waals surface area (Å²) >= 11 is 0. The smallest absolute Gasteiger partial charge is 0.323 e. The van der Waals surface area contributed by atoms with Crippen molar-refractivity contribution in [1.29, 1.82) is 0 Å². The number of Topliss-reactive ketones (excluding diaryl/α,β-unsaturated/α-hetero) is 1. The van der Waals surface area contributed by atoms with Crippen molar-refractivity contribution >= 4 is 29.2 Å². The highest BCUT2D eigenvalue weighted by molar-refractivity contribution is 6.01. The van der Waals surface area contributed by atoms with Crippen LogP contribution in [0.3, 0.4) is 0 Å². The van der Waals surface area contributed by atoms with Gasteiger partial charge in [0.25, 0.3) is 0 Å². The second-order valence-electron chi connectivity index (χ2n) is 9.03. The maximum absolute atomic E-state index is 13.0. The summed E-state index contributed by atoms with van der Waals surface area (Å²) in [7, 11) is 1.37. The van der Waals surface area contributed by atoms with Gasteiger partial charge in [0.05, 0.1) is 13.0 Å². The highest BCUT2D eigenvalue weighted by atomic mass is 16.5. The van der Waals surface area contributed by atoms with Gasteiger partial charge in [0.2, 0.25) is 0 Å². The van der Waals surface area contributed by atoms with Crippen LogP contribution in [0.2, 0.25) is 0 Å². The van der Waals surface area contributed by atoms with E-state index in [1.165, 1.54) is 7.11 Å². The molecule has 1 aliphatic rings. The number of ketones is 1. The molecule has 0 unspecified atom stereocenters. The van der Waals surface area contributed by atoms with E-state index >= 15 is 0 Å². The van der Waals surface area contributed by atoms with Crippen LogP contribution < -0.4 is 10.6 Å². The number of rotatable bonds is 6. The number of amides is 2. The van der Waals surface area contributed by atoms with Gasteiger partial charge in [-0.3, -0.25) is 9.59 Å². The third-order valence-electron chi connectivity index (χ3n) is 6.72. The molecule has 0 radical (unpaired) electrons. The Bertz CT molecular complexity index is 1210. The summed E-state index contributed by atoms with van der Waals surface area (Å²) in [6.45, 7) is 3.92. The number of carbonyl (C=O) groups excluding carboxylic acids is 3. The Kier molecular flexibility index (Phi) is 7.30. The lowest BCUT2D eigenvalue weighted by Crippen LogP contribution is -2.26. The van der Waals surface area contributed by atoms with Gasteiger partial charge in [-0.25, -0.2) is 4.79 Å². The molecule has 0 bridgehead atoms. The summed E-state index contributed by atoms with van der Waals surface area (Å²) in [5, 5.41) is 5.78. The molecule has 0 aliphatic heterocycles. The lowest BCUT2D eigenvalue weighted by molar-refractivity contribution is -0.146. The van der Waals surface area contributed by atoms with Gasteiger partial charge in [0.15, 0.2) is 5.78 Å². The van der Waals surface area contributed by atoms with Crippen molar-refractivity contribution in [3.05, 3.63) is 83.4 Å². The molecule has 6 heteroatoms. The van der Waals surface area contributed by atoms with Gasteiger partial charge in [-0.2, -0.15) is 0 Å². The summed E-state index contributed by atoms with van der Waals surface area (Å²) in [6, 6.07) is 20.6. The van der Waals surface area contributed by atoms with E-state index in [1.807, 2.05) is 80.6 Å². The zero-order valence-corrected chi connectivity index (χ0v) is 20.3. The van der Waals surface area contributed by atoms with E-state index in [9.17, 15) is 14.4 Å². The van der Waals surface area contributed by atoms with Gasteiger partial charge in [-0.1, -0.05) is 61.0 Å². The van der Waals surface area contributed by atoms with Crippen molar-refractivity contribution in [2.75, 3.05) is 17.7 Å². The zero-order valence-electron chi connectivity index (χ0n) is 20.3. The summed E-state index contributed by atoms with van der Waals surface area (Å²) in [5.41, 5.74) is 6.04. The fraction of sp³-hybridized carbons (Fsp3) is 0.276. The first-order chi connectivity index (χ1) is 16.9. The van der Waals surface area contributed by atoms with Crippen molar-refractivity contribution in [2.24, 2.45) is 11.8 Å². The SMILES string of the molecule is COC(=O)[C@@H]1CCC[C@H]1C(=O)c1ccc(-c2ccc(NC(=O)Nc3c(C)cccc3C)cc2)cc1. The molecule has 3 aromatic rings. The van der Waals surface area contributed by atoms with E-state index in [2.05, 4.69) is 10.6 Å². The number of hydrogen-bond acceptors (Lipinski definition) is 4. The highest BCUT2D eigenvalue weighted by Crippen LogP contribution is 2.35. The largest absolute Gasteiger partial charge is 0.469 e. The number of urea groups is 1. The maximum atomic E-state index is 13.0. The van der Waals surface area contributed by atoms with Crippen LogP contribution in [0, 0.1) is 25.7 Å². The minimum atomic E-state index is -0.348. The van der Waals surface area contributed by atoms with E-state index in [1.54, 1.807) is 0 Å². The Morgan fingerprint density at radius 1 is 0.771 bits per heavy atom. The van der Waals surface area contributed by atoms with Crippen LogP contribution in [0.15, 0.2) is 66.7 Å². The number of ether oxygens (including phenoxy) is 1. The van der Waals surface area contributed by atoms with E-state index in [4.69, 9.17) is 4.74 Å². The van der Waals surface area contributed by atoms with Crippen LogP contribution in [-0.4, -0.2) is 24.9 Å². The van der Waals surface area contributed by atoms with Gasteiger partial charge in [0, 0.05) is 22.9 Å². The minimum Gasteiger partial charge on any atom is -0.469 e. The minimum absolute atomic E-state index is 0.00102. The van der Waals surface area contributed by atoms with Crippen molar-refractivity contribution in [1.82, 2.24) is 0 Å². The molecule has 1 fully saturated rings. The number of nitrogens with one attached hydrogen (secondary N) is 2. The van der Waals surface area contributed by atoms with Crippen LogP contribution in [-0.2, 0) is 9.53 Å². The third kappa shape index (κ3) is 5.43. The summed E-state index contributed by atoms with van der Waals surface area (Å²) in [5.74, 6) is -0.958. The summed E-state index contributed by atoms with van der Waals surface area (Å²) in [6.07, 6.45) is 2.27. The number of anilines is 2. The molecule has 1 aliphatic carbocycles. The first kappa shape index (κ1) is 24.2. The normalized spacial score (nSPS) is 17.0. The molecule has 35 heavy (non-hydrogen) atoms. The van der Waals surface area contributed by atoms with Crippen LogP contribution in [0.5, 0.6) is 0 Å². The number of esters is 1. The molecule has 2 N–H and O–H groups in total. The van der Waals surface area contributed by atoms with Crippen LogP contribution >= 0.6 is 0 Å². The fourth-order valence-electron chi connectivity index (χ4n) is 4.78. The van der Waals surface area contributed by atoms with Crippen molar-refractivity contribution < 1.29 is 19.1 Å². The molecule has 3 aromatic carbocycles. The van der Waals surface area contributed by atoms with E-state index in [-0.39, 0.29) is 29.6 Å². The van der Waals surface area contributed by atoms with Crippen LogP contribution in [0.1, 0.15) is 40.7 Å². The Morgan fingerprint density at radius 2 is 1.34 bits per heavy atom. The predicted molar refractivity (Wildman–Crippen MR) is 138 cm³/mol. The van der Waals surface area contributed by atoms with Crippen molar-refractivity contribution in [3.8, 4) is 11.1 Å². The topological polar surface area (TPSA) is 84.5 Å². The van der Waals surface area contributed by atoms with Crippen LogP contribution in [0.25, 0.3) is 11.1 Å². The number of carbonyl (C=O) groups is 3. The van der Waals surface area contributed by atoms with Crippen molar-refractivity contribution in [2.45, 2.75) is 33.1 Å². The molecule has 0 spiro atoms. The molecule has 0 aromatic heterocycles. The number of hydrogen-bond donors (Lipinski definition) is 2. The van der Waals surface area contributed by atoms with E-state index < -0.39 is 0 Å². The first-order valence-corrected chi connectivity index (χ1v) is 11.8.